The molecule has 0 aliphatic heterocycles. The molecule has 0 amide bonds. The minimum atomic E-state index is -0.401. The zero-order valence-electron chi connectivity index (χ0n) is 23.9. The molecule has 1 aromatic heterocycles. The van der Waals surface area contributed by atoms with Gasteiger partial charge in [0.05, 0.1) is 16.8 Å². The van der Waals surface area contributed by atoms with Crippen LogP contribution in [0.15, 0.2) is 121 Å². The van der Waals surface area contributed by atoms with Crippen molar-refractivity contribution in [3.05, 3.63) is 149 Å². The number of ether oxygens (including phenoxy) is 2. The van der Waals surface area contributed by atoms with Gasteiger partial charge in [-0.1, -0.05) is 84.4 Å². The number of rotatable bonds is 7. The van der Waals surface area contributed by atoms with Crippen LogP contribution in [0.3, 0.4) is 0 Å². The maximum absolute atomic E-state index is 13.8. The largest absolute Gasteiger partial charge is 0.489 e. The van der Waals surface area contributed by atoms with E-state index in [1.807, 2.05) is 124 Å². The van der Waals surface area contributed by atoms with Crippen LogP contribution in [0, 0.1) is 20.8 Å². The Kier molecular flexibility index (Phi) is 7.52. The van der Waals surface area contributed by atoms with Crippen molar-refractivity contribution in [1.29, 1.82) is 0 Å². The molecule has 5 aromatic carbocycles. The van der Waals surface area contributed by atoms with Crippen molar-refractivity contribution in [3.8, 4) is 33.9 Å². The molecule has 1 heterocycles. The summed E-state index contributed by atoms with van der Waals surface area (Å²) in [5.41, 5.74) is 9.09. The molecule has 0 N–H and O–H groups in total. The van der Waals surface area contributed by atoms with Crippen molar-refractivity contribution in [3.63, 3.8) is 0 Å². The van der Waals surface area contributed by atoms with Gasteiger partial charge in [-0.25, -0.2) is 9.78 Å². The van der Waals surface area contributed by atoms with Crippen LogP contribution in [0.25, 0.3) is 33.3 Å². The number of esters is 1. The minimum absolute atomic E-state index is 0.401. The van der Waals surface area contributed by atoms with E-state index in [2.05, 4.69) is 18.2 Å². The second kappa shape index (κ2) is 11.7. The summed E-state index contributed by atoms with van der Waals surface area (Å²) in [5, 5.41) is 0.794. The monoisotopic (exact) mass is 549 g/mol. The molecule has 0 spiro atoms. The number of benzene rings is 5. The molecular weight excluding hydrogens is 518 g/mol. The van der Waals surface area contributed by atoms with Crippen LogP contribution >= 0.6 is 0 Å². The lowest BCUT2D eigenvalue weighted by Crippen LogP contribution is -2.13. The molecule has 6 aromatic rings. The van der Waals surface area contributed by atoms with Gasteiger partial charge in [0, 0.05) is 10.9 Å². The maximum atomic E-state index is 13.8. The third-order valence-electron chi connectivity index (χ3n) is 7.42. The number of aromatic nitrogens is 1. The lowest BCUT2D eigenvalue weighted by atomic mass is 9.95. The van der Waals surface area contributed by atoms with Crippen LogP contribution in [-0.4, -0.2) is 11.0 Å². The van der Waals surface area contributed by atoms with E-state index in [-0.39, 0.29) is 0 Å². The molecule has 0 saturated heterocycles. The fourth-order valence-corrected chi connectivity index (χ4v) is 5.31. The molecule has 0 unspecified atom stereocenters. The minimum Gasteiger partial charge on any atom is -0.489 e. The van der Waals surface area contributed by atoms with E-state index in [1.165, 1.54) is 0 Å². The fraction of sp³-hybridized carbons (Fsp3) is 0.105. The Morgan fingerprint density at radius 2 is 1.26 bits per heavy atom. The van der Waals surface area contributed by atoms with E-state index < -0.39 is 5.97 Å². The first kappa shape index (κ1) is 27.0. The van der Waals surface area contributed by atoms with Crippen molar-refractivity contribution in [1.82, 2.24) is 4.98 Å². The number of fused-ring (bicyclic) bond motifs is 1. The van der Waals surface area contributed by atoms with Gasteiger partial charge in [0.2, 0.25) is 0 Å². The van der Waals surface area contributed by atoms with Gasteiger partial charge in [0.15, 0.2) is 0 Å². The highest BCUT2D eigenvalue weighted by Crippen LogP contribution is 2.34. The number of carbonyl (C=O) groups is 1. The van der Waals surface area contributed by atoms with Gasteiger partial charge in [-0.2, -0.15) is 0 Å². The summed E-state index contributed by atoms with van der Waals surface area (Å²) in [4.78, 5) is 18.9. The fourth-order valence-electron chi connectivity index (χ4n) is 5.31. The topological polar surface area (TPSA) is 48.4 Å². The average Bonchev–Trinajstić information content (AvgIpc) is 3.01. The zero-order valence-corrected chi connectivity index (χ0v) is 23.9. The van der Waals surface area contributed by atoms with Gasteiger partial charge in [-0.15, -0.1) is 0 Å². The molecule has 0 atom stereocenters. The number of hydrogen-bond acceptors (Lipinski definition) is 4. The summed E-state index contributed by atoms with van der Waals surface area (Å²) < 4.78 is 11.9. The average molecular weight is 550 g/mol. The molecule has 4 heteroatoms. The molecule has 0 bridgehead atoms. The van der Waals surface area contributed by atoms with Gasteiger partial charge >= 0.3 is 5.97 Å². The number of pyridine rings is 1. The molecule has 0 aliphatic rings. The number of carbonyl (C=O) groups excluding carboxylic acids is 1. The Bertz CT molecular complexity index is 1860. The van der Waals surface area contributed by atoms with E-state index in [1.54, 1.807) is 0 Å². The van der Waals surface area contributed by atoms with Gasteiger partial charge < -0.3 is 9.47 Å². The summed E-state index contributed by atoms with van der Waals surface area (Å²) in [7, 11) is 0. The van der Waals surface area contributed by atoms with E-state index in [0.717, 1.165) is 61.3 Å². The molecule has 42 heavy (non-hydrogen) atoms. The molecule has 0 radical (unpaired) electrons. The van der Waals surface area contributed by atoms with Gasteiger partial charge in [-0.05, 0) is 91.1 Å². The second-order valence-corrected chi connectivity index (χ2v) is 10.5. The second-order valence-electron chi connectivity index (χ2n) is 10.5. The highest BCUT2D eigenvalue weighted by atomic mass is 16.5. The lowest BCUT2D eigenvalue weighted by molar-refractivity contribution is 0.0736. The summed E-state index contributed by atoms with van der Waals surface area (Å²) in [5.74, 6) is 0.864. The van der Waals surface area contributed by atoms with Crippen LogP contribution in [-0.2, 0) is 6.61 Å². The first-order chi connectivity index (χ1) is 20.5. The van der Waals surface area contributed by atoms with Crippen LogP contribution in [0.1, 0.15) is 32.6 Å². The predicted octanol–water partition coefficient (Wildman–Crippen LogP) is 9.29. The van der Waals surface area contributed by atoms with E-state index in [4.69, 9.17) is 14.5 Å². The maximum Gasteiger partial charge on any atom is 0.344 e. The first-order valence-corrected chi connectivity index (χ1v) is 14.0. The van der Waals surface area contributed by atoms with Crippen molar-refractivity contribution in [2.24, 2.45) is 0 Å². The quantitative estimate of drug-likeness (QED) is 0.147. The first-order valence-electron chi connectivity index (χ1n) is 14.0. The van der Waals surface area contributed by atoms with Crippen molar-refractivity contribution >= 4 is 16.9 Å². The Morgan fingerprint density at radius 3 is 1.95 bits per heavy atom. The normalized spacial score (nSPS) is 10.9. The Balaban J connectivity index is 1.33. The Labute approximate surface area is 246 Å². The molecule has 206 valence electrons. The molecular formula is C38H31NO3. The van der Waals surface area contributed by atoms with E-state index in [9.17, 15) is 4.79 Å². The molecule has 0 aliphatic carbocycles. The molecule has 0 saturated carbocycles. The standard InChI is InChI=1S/C38H31NO3/c1-25-22-26(2)36-34(23-25)35(38(40)42-33-20-14-30(15-21-33)29-12-8-5-9-13-29)27(3)37(39-36)31-16-18-32(19-17-31)41-24-28-10-6-4-7-11-28/h4-23H,24H2,1-3H3. The van der Waals surface area contributed by atoms with Crippen LogP contribution in [0.5, 0.6) is 11.5 Å². The highest BCUT2D eigenvalue weighted by Gasteiger charge is 2.22. The van der Waals surface area contributed by atoms with Crippen LogP contribution in [0.4, 0.5) is 0 Å². The molecule has 4 nitrogen and oxygen atoms in total. The summed E-state index contributed by atoms with van der Waals surface area (Å²) >= 11 is 0. The summed E-state index contributed by atoms with van der Waals surface area (Å²) in [6.45, 7) is 6.49. The summed E-state index contributed by atoms with van der Waals surface area (Å²) in [6, 6.07) is 39.8. The van der Waals surface area contributed by atoms with E-state index >= 15 is 0 Å². The third kappa shape index (κ3) is 5.65. The smallest absolute Gasteiger partial charge is 0.344 e. The van der Waals surface area contributed by atoms with E-state index in [0.29, 0.717) is 17.9 Å². The molecule has 6 rings (SSSR count). The van der Waals surface area contributed by atoms with Gasteiger partial charge in [-0.3, -0.25) is 0 Å². The Hall–Kier alpha value is -5.22. The highest BCUT2D eigenvalue weighted by molar-refractivity contribution is 6.08. The zero-order chi connectivity index (χ0) is 29.1. The Morgan fingerprint density at radius 1 is 0.667 bits per heavy atom. The third-order valence-corrected chi connectivity index (χ3v) is 7.42. The number of nitrogens with zero attached hydrogens (tertiary/aromatic N) is 1. The van der Waals surface area contributed by atoms with Gasteiger partial charge in [0.1, 0.15) is 18.1 Å². The van der Waals surface area contributed by atoms with Crippen molar-refractivity contribution < 1.29 is 14.3 Å². The number of aryl methyl sites for hydroxylation is 2. The summed E-state index contributed by atoms with van der Waals surface area (Å²) in [6.07, 6.45) is 0. The number of hydrogen-bond donors (Lipinski definition) is 0. The predicted molar refractivity (Wildman–Crippen MR) is 169 cm³/mol. The van der Waals surface area contributed by atoms with Crippen molar-refractivity contribution in [2.75, 3.05) is 0 Å². The molecule has 0 fully saturated rings. The SMILES string of the molecule is Cc1cc(C)c2nc(-c3ccc(OCc4ccccc4)cc3)c(C)c(C(=O)Oc3ccc(-c4ccccc4)cc3)c2c1. The van der Waals surface area contributed by atoms with Crippen LogP contribution in [0.2, 0.25) is 0 Å². The lowest BCUT2D eigenvalue weighted by Gasteiger charge is -2.16. The van der Waals surface area contributed by atoms with Gasteiger partial charge in [0.25, 0.3) is 0 Å². The van der Waals surface area contributed by atoms with Crippen LogP contribution < -0.4 is 9.47 Å². The van der Waals surface area contributed by atoms with Crippen molar-refractivity contribution in [2.45, 2.75) is 27.4 Å².